The number of carboxylic acid groups (broad SMARTS) is 1. The molecule has 0 saturated heterocycles. The molecule has 1 amide bonds. The Hall–Kier alpha value is -2.25. The Morgan fingerprint density at radius 3 is 2.27 bits per heavy atom. The molecule has 8 heteroatoms. The van der Waals surface area contributed by atoms with Crippen molar-refractivity contribution in [3.8, 4) is 5.75 Å². The molecule has 5 nitrogen and oxygen atoms in total. The lowest BCUT2D eigenvalue weighted by Gasteiger charge is -2.25. The molecule has 0 aromatic heterocycles. The second-order valence-corrected chi connectivity index (χ2v) is 4.79. The first-order valence-corrected chi connectivity index (χ1v) is 6.38. The first kappa shape index (κ1) is 17.8. The maximum atomic E-state index is 12.3. The Morgan fingerprint density at radius 1 is 1.27 bits per heavy atom. The van der Waals surface area contributed by atoms with Gasteiger partial charge in [0, 0.05) is 13.1 Å². The first-order valence-electron chi connectivity index (χ1n) is 6.38. The zero-order valence-electron chi connectivity index (χ0n) is 12.1. The summed E-state index contributed by atoms with van der Waals surface area (Å²) in [5, 5.41) is 8.47. The number of halogens is 3. The molecule has 1 atom stereocenters. The maximum Gasteiger partial charge on any atom is 0.471 e. The lowest BCUT2D eigenvalue weighted by Crippen LogP contribution is -2.44. The molecule has 0 radical (unpaired) electrons. The summed E-state index contributed by atoms with van der Waals surface area (Å²) in [5.41, 5.74) is 0.706. The monoisotopic (exact) mass is 319 g/mol. The molecule has 0 fully saturated rings. The Kier molecular flexibility index (Phi) is 5.78. The van der Waals surface area contributed by atoms with E-state index in [1.807, 2.05) is 0 Å². The van der Waals surface area contributed by atoms with Crippen molar-refractivity contribution in [2.45, 2.75) is 25.6 Å². The molecule has 0 aliphatic rings. The number of carboxylic acids is 1. The fourth-order valence-electron chi connectivity index (χ4n) is 1.75. The number of hydrogen-bond donors (Lipinski definition) is 1. The second-order valence-electron chi connectivity index (χ2n) is 4.79. The van der Waals surface area contributed by atoms with Gasteiger partial charge in [0.2, 0.25) is 0 Å². The molecule has 1 unspecified atom stereocenters. The van der Waals surface area contributed by atoms with Crippen LogP contribution in [0.2, 0.25) is 0 Å². The largest absolute Gasteiger partial charge is 0.482 e. The SMILES string of the molecule is CC(Cc1ccc(OCC(=O)O)cc1)N(C)C(=O)C(F)(F)F. The predicted molar refractivity (Wildman–Crippen MR) is 71.6 cm³/mol. The van der Waals surface area contributed by atoms with Crippen LogP contribution in [0.15, 0.2) is 24.3 Å². The van der Waals surface area contributed by atoms with Gasteiger partial charge >= 0.3 is 18.1 Å². The number of aliphatic carboxylic acids is 1. The summed E-state index contributed by atoms with van der Waals surface area (Å²) in [6, 6.07) is 5.63. The third-order valence-electron chi connectivity index (χ3n) is 3.04. The van der Waals surface area contributed by atoms with Crippen molar-refractivity contribution < 1.29 is 32.6 Å². The molecule has 0 aliphatic heterocycles. The molecule has 0 aliphatic carbocycles. The normalized spacial score (nSPS) is 12.6. The topological polar surface area (TPSA) is 66.8 Å². The van der Waals surface area contributed by atoms with Gasteiger partial charge < -0.3 is 14.7 Å². The van der Waals surface area contributed by atoms with Crippen LogP contribution in [0.25, 0.3) is 0 Å². The summed E-state index contributed by atoms with van der Waals surface area (Å²) >= 11 is 0. The molecule has 122 valence electrons. The molecule has 22 heavy (non-hydrogen) atoms. The molecule has 1 rings (SSSR count). The lowest BCUT2D eigenvalue weighted by molar-refractivity contribution is -0.185. The number of ether oxygens (including phenoxy) is 1. The van der Waals surface area contributed by atoms with Crippen molar-refractivity contribution in [2.24, 2.45) is 0 Å². The van der Waals surface area contributed by atoms with Crippen LogP contribution in [0.4, 0.5) is 13.2 Å². The van der Waals surface area contributed by atoms with E-state index in [2.05, 4.69) is 0 Å². The van der Waals surface area contributed by atoms with Crippen LogP contribution in [0.1, 0.15) is 12.5 Å². The highest BCUT2D eigenvalue weighted by Crippen LogP contribution is 2.20. The molecule has 1 N–H and O–H groups in total. The van der Waals surface area contributed by atoms with E-state index < -0.39 is 30.7 Å². The van der Waals surface area contributed by atoms with E-state index in [1.165, 1.54) is 19.1 Å². The Balaban J connectivity index is 2.63. The van der Waals surface area contributed by atoms with E-state index in [9.17, 15) is 22.8 Å². The van der Waals surface area contributed by atoms with Crippen LogP contribution in [0, 0.1) is 0 Å². The number of amides is 1. The van der Waals surface area contributed by atoms with Gasteiger partial charge in [0.25, 0.3) is 0 Å². The van der Waals surface area contributed by atoms with Gasteiger partial charge in [0.1, 0.15) is 5.75 Å². The van der Waals surface area contributed by atoms with E-state index in [-0.39, 0.29) is 6.42 Å². The fourth-order valence-corrected chi connectivity index (χ4v) is 1.75. The lowest BCUT2D eigenvalue weighted by atomic mass is 10.1. The molecule has 0 saturated carbocycles. The zero-order valence-corrected chi connectivity index (χ0v) is 12.1. The van der Waals surface area contributed by atoms with Crippen molar-refractivity contribution >= 4 is 11.9 Å². The van der Waals surface area contributed by atoms with Gasteiger partial charge in [-0.2, -0.15) is 13.2 Å². The van der Waals surface area contributed by atoms with E-state index in [1.54, 1.807) is 12.1 Å². The van der Waals surface area contributed by atoms with E-state index in [0.29, 0.717) is 16.2 Å². The quantitative estimate of drug-likeness (QED) is 0.872. The number of alkyl halides is 3. The average molecular weight is 319 g/mol. The minimum atomic E-state index is -4.89. The van der Waals surface area contributed by atoms with Gasteiger partial charge in [-0.15, -0.1) is 0 Å². The Labute approximate surface area is 125 Å². The van der Waals surface area contributed by atoms with Gasteiger partial charge in [-0.25, -0.2) is 4.79 Å². The summed E-state index contributed by atoms with van der Waals surface area (Å²) in [6.45, 7) is 1.04. The van der Waals surface area contributed by atoms with Crippen molar-refractivity contribution in [1.29, 1.82) is 0 Å². The number of carbonyl (C=O) groups is 2. The molecular weight excluding hydrogens is 303 g/mol. The average Bonchev–Trinajstić information content (AvgIpc) is 2.43. The standard InChI is InChI=1S/C14H16F3NO4/c1-9(18(2)13(21)14(15,16)17)7-10-3-5-11(6-4-10)22-8-12(19)20/h3-6,9H,7-8H2,1-2H3,(H,19,20). The summed E-state index contributed by atoms with van der Waals surface area (Å²) in [6.07, 6.45) is -4.66. The number of likely N-dealkylation sites (N-methyl/N-ethyl adjacent to an activating group) is 1. The third-order valence-corrected chi connectivity index (χ3v) is 3.04. The van der Waals surface area contributed by atoms with Crippen LogP contribution in [-0.2, 0) is 16.0 Å². The number of rotatable bonds is 6. The zero-order chi connectivity index (χ0) is 16.9. The van der Waals surface area contributed by atoms with Crippen LogP contribution >= 0.6 is 0 Å². The van der Waals surface area contributed by atoms with Gasteiger partial charge in [0.15, 0.2) is 6.61 Å². The molecular formula is C14H16F3NO4. The molecule has 0 bridgehead atoms. The highest BCUT2D eigenvalue weighted by Gasteiger charge is 2.42. The highest BCUT2D eigenvalue weighted by molar-refractivity contribution is 5.81. The maximum absolute atomic E-state index is 12.3. The van der Waals surface area contributed by atoms with Crippen LogP contribution in [-0.4, -0.2) is 47.8 Å². The van der Waals surface area contributed by atoms with Crippen molar-refractivity contribution in [2.75, 3.05) is 13.7 Å². The molecule has 1 aromatic rings. The smallest absolute Gasteiger partial charge is 0.471 e. The summed E-state index contributed by atoms with van der Waals surface area (Å²) in [5.74, 6) is -2.65. The number of hydrogen-bond acceptors (Lipinski definition) is 3. The fraction of sp³-hybridized carbons (Fsp3) is 0.429. The van der Waals surface area contributed by atoms with Gasteiger partial charge in [0.05, 0.1) is 0 Å². The molecule has 0 spiro atoms. The molecule has 0 heterocycles. The van der Waals surface area contributed by atoms with E-state index in [0.717, 1.165) is 7.05 Å². The van der Waals surface area contributed by atoms with Gasteiger partial charge in [-0.1, -0.05) is 12.1 Å². The van der Waals surface area contributed by atoms with Gasteiger partial charge in [-0.3, -0.25) is 4.79 Å². The summed E-state index contributed by atoms with van der Waals surface area (Å²) in [4.78, 5) is 22.1. The predicted octanol–water partition coefficient (Wildman–Crippen LogP) is 2.10. The summed E-state index contributed by atoms with van der Waals surface area (Å²) in [7, 11) is 1.10. The second kappa shape index (κ2) is 7.15. The van der Waals surface area contributed by atoms with Crippen LogP contribution < -0.4 is 4.74 Å². The molecule has 1 aromatic carbocycles. The minimum absolute atomic E-state index is 0.234. The first-order chi connectivity index (χ1) is 10.1. The van der Waals surface area contributed by atoms with Crippen LogP contribution in [0.5, 0.6) is 5.75 Å². The highest BCUT2D eigenvalue weighted by atomic mass is 19.4. The summed E-state index contributed by atoms with van der Waals surface area (Å²) < 4.78 is 42.0. The van der Waals surface area contributed by atoms with Gasteiger partial charge in [-0.05, 0) is 31.0 Å². The van der Waals surface area contributed by atoms with Crippen LogP contribution in [0.3, 0.4) is 0 Å². The Bertz CT molecular complexity index is 528. The number of carbonyl (C=O) groups excluding carboxylic acids is 1. The Morgan fingerprint density at radius 2 is 1.82 bits per heavy atom. The number of benzene rings is 1. The van der Waals surface area contributed by atoms with E-state index >= 15 is 0 Å². The van der Waals surface area contributed by atoms with Crippen molar-refractivity contribution in [3.05, 3.63) is 29.8 Å². The van der Waals surface area contributed by atoms with Crippen molar-refractivity contribution in [3.63, 3.8) is 0 Å². The third kappa shape index (κ3) is 5.27. The minimum Gasteiger partial charge on any atom is -0.482 e. The number of nitrogens with zero attached hydrogens (tertiary/aromatic N) is 1. The van der Waals surface area contributed by atoms with E-state index in [4.69, 9.17) is 9.84 Å². The van der Waals surface area contributed by atoms with Crippen molar-refractivity contribution in [1.82, 2.24) is 4.90 Å².